The number of anilines is 2. The molecule has 3 saturated heterocycles. The van der Waals surface area contributed by atoms with Crippen LogP contribution in [0.5, 0.6) is 6.01 Å². The summed E-state index contributed by atoms with van der Waals surface area (Å²) in [7, 11) is 7.06. The van der Waals surface area contributed by atoms with Gasteiger partial charge in [0.2, 0.25) is 0 Å². The quantitative estimate of drug-likeness (QED) is 0.294. The van der Waals surface area contributed by atoms with Gasteiger partial charge in [0.05, 0.1) is 24.1 Å². The van der Waals surface area contributed by atoms with Crippen LogP contribution in [0, 0.1) is 23.6 Å². The second-order valence-electron chi connectivity index (χ2n) is 13.1. The van der Waals surface area contributed by atoms with Crippen LogP contribution in [0.25, 0.3) is 33.1 Å². The number of hydrogen-bond acceptors (Lipinski definition) is 10. The summed E-state index contributed by atoms with van der Waals surface area (Å²) in [5.41, 5.74) is 6.25. The summed E-state index contributed by atoms with van der Waals surface area (Å²) < 4.78 is 34.0. The molecule has 2 atom stereocenters. The fourth-order valence-corrected chi connectivity index (χ4v) is 7.00. The maximum Gasteiger partial charge on any atom is 0.318 e. The topological polar surface area (TPSA) is 117 Å². The maximum atomic E-state index is 16.1. The number of amides is 1. The van der Waals surface area contributed by atoms with Crippen LogP contribution in [0.15, 0.2) is 30.5 Å². The molecule has 3 aliphatic heterocycles. The third-order valence-corrected chi connectivity index (χ3v) is 9.38. The number of likely N-dealkylation sites (tertiary alicyclic amines) is 1. The lowest BCUT2D eigenvalue weighted by molar-refractivity contribution is -0.130. The van der Waals surface area contributed by atoms with E-state index in [0.717, 1.165) is 13.0 Å². The number of nitrogen functional groups attached to an aromatic ring is 1. The van der Waals surface area contributed by atoms with Gasteiger partial charge < -0.3 is 20.3 Å². The molecular formula is C35H40ClF2N9O2. The molecule has 4 aromatic rings. The Morgan fingerprint density at radius 1 is 1.16 bits per heavy atom. The molecule has 0 saturated carbocycles. The lowest BCUT2D eigenvalue weighted by Crippen LogP contribution is -2.53. The number of alkyl halides is 1. The standard InChI is InChI=1S/C28H28ClFN8O2.C7H12FN/c1-36(2)10-6-9-21(39)38-14-16(15-38)13-37(3)27-18-12-32-26(23(30)24(18)34-28(35-27)40-4)25-22-17(11-20(31)33-25)7-5-8-19(22)29;8-6-4-7-2-1-3-9(7)5-6/h5,7-8,11-12,16H,10,13-15H2,1-4H3,(H2,31,33);6-7H,1-5H2. The highest BCUT2D eigenvalue weighted by molar-refractivity contribution is 6.36. The van der Waals surface area contributed by atoms with E-state index in [1.54, 1.807) is 23.1 Å². The monoisotopic (exact) mass is 691 g/mol. The van der Waals surface area contributed by atoms with Crippen LogP contribution in [-0.4, -0.2) is 120 Å². The summed E-state index contributed by atoms with van der Waals surface area (Å²) in [6.45, 7) is 4.11. The van der Waals surface area contributed by atoms with E-state index < -0.39 is 12.0 Å². The SMILES string of the molecule is COc1nc(N(C)CC2CN(C(=O)C#CCN(C)C)C2)c2cnc(-c3nc(N)cc4cccc(Cl)c34)c(F)c2n1.FC1CC2CCCN2C1. The van der Waals surface area contributed by atoms with Gasteiger partial charge >= 0.3 is 6.01 Å². The van der Waals surface area contributed by atoms with Crippen molar-refractivity contribution in [3.05, 3.63) is 41.3 Å². The molecule has 1 amide bonds. The Kier molecular flexibility index (Phi) is 10.3. The smallest absolute Gasteiger partial charge is 0.318 e. The first-order chi connectivity index (χ1) is 23.5. The Hall–Kier alpha value is -4.38. The number of carbonyl (C=O) groups is 1. The second kappa shape index (κ2) is 14.6. The summed E-state index contributed by atoms with van der Waals surface area (Å²) in [5.74, 6) is 5.54. The summed E-state index contributed by atoms with van der Waals surface area (Å²) >= 11 is 6.47. The fraction of sp³-hybridized carbons (Fsp3) is 0.457. The molecule has 2 unspecified atom stereocenters. The summed E-state index contributed by atoms with van der Waals surface area (Å²) in [4.78, 5) is 37.7. The number of hydrogen-bond donors (Lipinski definition) is 1. The number of nitrogens with two attached hydrogens (primary N) is 1. The van der Waals surface area contributed by atoms with Crippen molar-refractivity contribution in [1.29, 1.82) is 0 Å². The molecule has 1 aromatic carbocycles. The first-order valence-corrected chi connectivity index (χ1v) is 16.7. The zero-order chi connectivity index (χ0) is 34.8. The Labute approximate surface area is 289 Å². The largest absolute Gasteiger partial charge is 0.467 e. The number of pyridine rings is 2. The molecule has 0 radical (unpaired) electrons. The van der Waals surface area contributed by atoms with Gasteiger partial charge in [-0.2, -0.15) is 9.97 Å². The number of rotatable bonds is 6. The van der Waals surface area contributed by atoms with Crippen LogP contribution < -0.4 is 15.4 Å². The first-order valence-electron chi connectivity index (χ1n) is 16.3. The van der Waals surface area contributed by atoms with Crippen molar-refractivity contribution in [2.75, 3.05) is 78.2 Å². The highest BCUT2D eigenvalue weighted by atomic mass is 35.5. The predicted octanol–water partition coefficient (Wildman–Crippen LogP) is 4.28. The van der Waals surface area contributed by atoms with E-state index in [2.05, 4.69) is 36.7 Å². The molecule has 0 aliphatic carbocycles. The zero-order valence-corrected chi connectivity index (χ0v) is 28.8. The van der Waals surface area contributed by atoms with E-state index in [1.165, 1.54) is 26.1 Å². The zero-order valence-electron chi connectivity index (χ0n) is 28.1. The number of methoxy groups -OCH3 is 1. The minimum Gasteiger partial charge on any atom is -0.467 e. The molecule has 49 heavy (non-hydrogen) atoms. The van der Waals surface area contributed by atoms with Gasteiger partial charge in [0.1, 0.15) is 34.7 Å². The van der Waals surface area contributed by atoms with Crippen LogP contribution >= 0.6 is 11.6 Å². The fourth-order valence-electron chi connectivity index (χ4n) is 6.73. The molecule has 6 heterocycles. The second-order valence-corrected chi connectivity index (χ2v) is 13.5. The van der Waals surface area contributed by atoms with Gasteiger partial charge in [-0.05, 0) is 63.3 Å². The van der Waals surface area contributed by atoms with Crippen molar-refractivity contribution in [3.63, 3.8) is 0 Å². The minimum atomic E-state index is -0.691. The van der Waals surface area contributed by atoms with Gasteiger partial charge in [0.25, 0.3) is 5.91 Å². The van der Waals surface area contributed by atoms with E-state index in [1.807, 2.05) is 37.0 Å². The number of nitrogens with zero attached hydrogens (tertiary/aromatic N) is 8. The highest BCUT2D eigenvalue weighted by Gasteiger charge is 2.35. The van der Waals surface area contributed by atoms with Gasteiger partial charge in [-0.15, -0.1) is 0 Å². The molecule has 258 valence electrons. The Bertz CT molecular complexity index is 1920. The summed E-state index contributed by atoms with van der Waals surface area (Å²) in [6, 6.07) is 7.61. The van der Waals surface area contributed by atoms with Gasteiger partial charge in [-0.3, -0.25) is 19.6 Å². The Morgan fingerprint density at radius 3 is 2.69 bits per heavy atom. The van der Waals surface area contributed by atoms with E-state index in [0.29, 0.717) is 65.8 Å². The molecule has 0 bridgehead atoms. The Balaban J connectivity index is 0.000000396. The number of aromatic nitrogens is 4. The summed E-state index contributed by atoms with van der Waals surface area (Å²) in [6.07, 6.45) is 4.33. The molecule has 7 rings (SSSR count). The number of carbonyl (C=O) groups excluding carboxylic acids is 1. The van der Waals surface area contributed by atoms with Crippen LogP contribution in [0.3, 0.4) is 0 Å². The van der Waals surface area contributed by atoms with Gasteiger partial charge in [0.15, 0.2) is 5.82 Å². The molecule has 3 aromatic heterocycles. The van der Waals surface area contributed by atoms with Gasteiger partial charge in [-0.25, -0.2) is 13.8 Å². The maximum absolute atomic E-state index is 16.1. The predicted molar refractivity (Wildman–Crippen MR) is 188 cm³/mol. The molecule has 2 N–H and O–H groups in total. The van der Waals surface area contributed by atoms with Crippen molar-refractivity contribution in [2.45, 2.75) is 31.5 Å². The lowest BCUT2D eigenvalue weighted by Gasteiger charge is -2.40. The number of ether oxygens (including phenoxy) is 1. The normalized spacial score (nSPS) is 18.9. The third kappa shape index (κ3) is 7.46. The molecule has 11 nitrogen and oxygen atoms in total. The average Bonchev–Trinajstić information content (AvgIpc) is 3.63. The number of fused-ring (bicyclic) bond motifs is 3. The average molecular weight is 692 g/mol. The lowest BCUT2D eigenvalue weighted by atomic mass is 9.99. The number of benzene rings is 1. The molecule has 14 heteroatoms. The van der Waals surface area contributed by atoms with E-state index >= 15 is 4.39 Å². The van der Waals surface area contributed by atoms with Crippen molar-refractivity contribution < 1.29 is 18.3 Å². The molecule has 3 aliphatic rings. The van der Waals surface area contributed by atoms with E-state index in [-0.39, 0.29) is 40.6 Å². The third-order valence-electron chi connectivity index (χ3n) is 9.07. The van der Waals surface area contributed by atoms with Crippen LogP contribution in [0.1, 0.15) is 19.3 Å². The van der Waals surface area contributed by atoms with Crippen molar-refractivity contribution in [2.24, 2.45) is 5.92 Å². The van der Waals surface area contributed by atoms with Gasteiger partial charge in [-0.1, -0.05) is 29.7 Å². The van der Waals surface area contributed by atoms with Crippen molar-refractivity contribution in [3.8, 4) is 29.2 Å². The van der Waals surface area contributed by atoms with Crippen LogP contribution in [-0.2, 0) is 4.79 Å². The van der Waals surface area contributed by atoms with E-state index in [4.69, 9.17) is 22.1 Å². The molecule has 3 fully saturated rings. The van der Waals surface area contributed by atoms with E-state index in [9.17, 15) is 9.18 Å². The van der Waals surface area contributed by atoms with Gasteiger partial charge in [0, 0.05) is 56.8 Å². The number of halogens is 3. The Morgan fingerprint density at radius 2 is 1.96 bits per heavy atom. The van der Waals surface area contributed by atoms with Crippen molar-refractivity contribution >= 4 is 50.8 Å². The highest BCUT2D eigenvalue weighted by Crippen LogP contribution is 2.37. The minimum absolute atomic E-state index is 0.00963. The van der Waals surface area contributed by atoms with Crippen molar-refractivity contribution in [1.82, 2.24) is 34.6 Å². The first kappa shape index (κ1) is 34.5. The molecule has 0 spiro atoms. The molecular weight excluding hydrogens is 652 g/mol. The summed E-state index contributed by atoms with van der Waals surface area (Å²) in [5, 5.41) is 2.07. The van der Waals surface area contributed by atoms with Crippen LogP contribution in [0.2, 0.25) is 5.02 Å². The van der Waals surface area contributed by atoms with Crippen LogP contribution in [0.4, 0.5) is 20.4 Å².